The number of nitrogens with two attached hydrogens (primary N) is 1. The van der Waals surface area contributed by atoms with Crippen LogP contribution in [0.1, 0.15) is 50.4 Å². The summed E-state index contributed by atoms with van der Waals surface area (Å²) in [5.74, 6) is 2.65. The van der Waals surface area contributed by atoms with E-state index in [1.54, 1.807) is 0 Å². The minimum Gasteiger partial charge on any atom is -0.354 e. The van der Waals surface area contributed by atoms with E-state index in [2.05, 4.69) is 20.1 Å². The highest BCUT2D eigenvalue weighted by Crippen LogP contribution is 2.37. The Morgan fingerprint density at radius 2 is 2.06 bits per heavy atom. The number of aromatic nitrogens is 3. The summed E-state index contributed by atoms with van der Waals surface area (Å²) in [5.41, 5.74) is 5.59. The fourth-order valence-corrected chi connectivity index (χ4v) is 3.36. The van der Waals surface area contributed by atoms with Crippen LogP contribution in [0.25, 0.3) is 0 Å². The lowest BCUT2D eigenvalue weighted by molar-refractivity contribution is 0.221. The van der Waals surface area contributed by atoms with Crippen molar-refractivity contribution >= 4 is 5.95 Å². The lowest BCUT2D eigenvalue weighted by atomic mass is 9.82. The van der Waals surface area contributed by atoms with Crippen molar-refractivity contribution in [3.05, 3.63) is 5.82 Å². The minimum absolute atomic E-state index is 0.556. The van der Waals surface area contributed by atoms with Crippen LogP contribution in [-0.2, 0) is 6.42 Å². The van der Waals surface area contributed by atoms with Gasteiger partial charge in [0.2, 0.25) is 5.95 Å². The highest BCUT2D eigenvalue weighted by molar-refractivity contribution is 5.28. The first-order valence-electron chi connectivity index (χ1n) is 7.28. The van der Waals surface area contributed by atoms with E-state index < -0.39 is 0 Å². The Bertz CT molecular complexity index is 394. The highest BCUT2D eigenvalue weighted by atomic mass is 15.4. The van der Waals surface area contributed by atoms with Crippen molar-refractivity contribution in [2.24, 2.45) is 11.7 Å². The highest BCUT2D eigenvalue weighted by Gasteiger charge is 2.30. The van der Waals surface area contributed by atoms with E-state index in [0.717, 1.165) is 30.7 Å². The Kier molecular flexibility index (Phi) is 3.50. The maximum Gasteiger partial charge on any atom is 0.221 e. The van der Waals surface area contributed by atoms with Crippen molar-refractivity contribution < 1.29 is 0 Å². The maximum atomic E-state index is 5.59. The van der Waals surface area contributed by atoms with E-state index in [1.807, 2.05) is 0 Å². The second-order valence-electron chi connectivity index (χ2n) is 5.52. The van der Waals surface area contributed by atoms with Crippen LogP contribution in [0.5, 0.6) is 0 Å². The van der Waals surface area contributed by atoms with E-state index >= 15 is 0 Å². The molecule has 0 bridgehead atoms. The number of anilines is 1. The topological polar surface area (TPSA) is 68.8 Å². The number of hydrogen-bond donors (Lipinski definition) is 2. The van der Waals surface area contributed by atoms with Crippen molar-refractivity contribution in [3.63, 3.8) is 0 Å². The van der Waals surface area contributed by atoms with E-state index in [1.165, 1.54) is 38.5 Å². The molecule has 18 heavy (non-hydrogen) atoms. The summed E-state index contributed by atoms with van der Waals surface area (Å²) in [6.07, 6.45) is 8.85. The zero-order valence-corrected chi connectivity index (χ0v) is 10.9. The molecule has 0 spiro atoms. The van der Waals surface area contributed by atoms with Gasteiger partial charge in [-0.15, -0.1) is 0 Å². The predicted octanol–water partition coefficient (Wildman–Crippen LogP) is 1.72. The number of nitrogens with one attached hydrogen (secondary N) is 1. The van der Waals surface area contributed by atoms with Gasteiger partial charge in [-0.3, -0.25) is 0 Å². The molecule has 1 aromatic heterocycles. The van der Waals surface area contributed by atoms with Crippen molar-refractivity contribution in [2.75, 3.05) is 18.4 Å². The van der Waals surface area contributed by atoms with E-state index in [4.69, 9.17) is 5.73 Å². The average molecular weight is 249 g/mol. The van der Waals surface area contributed by atoms with Crippen molar-refractivity contribution in [1.82, 2.24) is 14.8 Å². The molecule has 100 valence electrons. The van der Waals surface area contributed by atoms with Crippen LogP contribution < -0.4 is 11.1 Å². The number of fused-ring (bicyclic) bond motifs is 1. The van der Waals surface area contributed by atoms with Crippen LogP contribution in [0.2, 0.25) is 0 Å². The molecule has 2 heterocycles. The van der Waals surface area contributed by atoms with Gasteiger partial charge in [-0.25, -0.2) is 4.68 Å². The molecule has 1 aromatic rings. The second-order valence-corrected chi connectivity index (χ2v) is 5.52. The first-order chi connectivity index (χ1) is 8.88. The minimum atomic E-state index is 0.556. The normalized spacial score (nSPS) is 24.6. The van der Waals surface area contributed by atoms with Gasteiger partial charge in [0.05, 0.1) is 6.04 Å². The Hall–Kier alpha value is -1.10. The largest absolute Gasteiger partial charge is 0.354 e. The van der Waals surface area contributed by atoms with Gasteiger partial charge in [0, 0.05) is 13.0 Å². The van der Waals surface area contributed by atoms with Gasteiger partial charge >= 0.3 is 0 Å². The third kappa shape index (κ3) is 2.23. The second kappa shape index (κ2) is 5.26. The lowest BCUT2D eigenvalue weighted by Gasteiger charge is -2.33. The first-order valence-corrected chi connectivity index (χ1v) is 7.28. The summed E-state index contributed by atoms with van der Waals surface area (Å²) in [5, 5.41) is 8.02. The molecule has 3 rings (SSSR count). The molecule has 1 unspecified atom stereocenters. The standard InChI is InChI=1S/C13H23N5/c14-8-6-12-16-13-15-9-7-11(18(13)17-12)10-4-2-1-3-5-10/h10-11H,1-9,14H2,(H,15,16,17). The van der Waals surface area contributed by atoms with Crippen LogP contribution in [0, 0.1) is 5.92 Å². The smallest absolute Gasteiger partial charge is 0.221 e. The Morgan fingerprint density at radius 1 is 1.22 bits per heavy atom. The molecule has 1 aliphatic heterocycles. The van der Waals surface area contributed by atoms with Crippen molar-refractivity contribution in [3.8, 4) is 0 Å². The molecule has 1 atom stereocenters. The zero-order chi connectivity index (χ0) is 12.4. The van der Waals surface area contributed by atoms with Gasteiger partial charge in [-0.1, -0.05) is 19.3 Å². The molecule has 1 aliphatic carbocycles. The van der Waals surface area contributed by atoms with Crippen molar-refractivity contribution in [1.29, 1.82) is 0 Å². The SMILES string of the molecule is NCCc1nc2n(n1)C(C1CCCCC1)CCN2. The van der Waals surface area contributed by atoms with Gasteiger partial charge in [0.25, 0.3) is 0 Å². The van der Waals surface area contributed by atoms with Gasteiger partial charge in [0.15, 0.2) is 5.82 Å². The summed E-state index contributed by atoms with van der Waals surface area (Å²) in [7, 11) is 0. The monoisotopic (exact) mass is 249 g/mol. The summed E-state index contributed by atoms with van der Waals surface area (Å²) in [6, 6.07) is 0.556. The van der Waals surface area contributed by atoms with Crippen LogP contribution >= 0.6 is 0 Å². The van der Waals surface area contributed by atoms with Crippen molar-refractivity contribution in [2.45, 2.75) is 51.0 Å². The van der Waals surface area contributed by atoms with Gasteiger partial charge < -0.3 is 11.1 Å². The van der Waals surface area contributed by atoms with Crippen LogP contribution in [0.3, 0.4) is 0 Å². The maximum absolute atomic E-state index is 5.59. The fraction of sp³-hybridized carbons (Fsp3) is 0.846. The molecule has 0 radical (unpaired) electrons. The Morgan fingerprint density at radius 3 is 2.83 bits per heavy atom. The quantitative estimate of drug-likeness (QED) is 0.855. The molecule has 0 saturated heterocycles. The van der Waals surface area contributed by atoms with E-state index in [0.29, 0.717) is 12.6 Å². The number of nitrogens with zero attached hydrogens (tertiary/aromatic N) is 3. The molecular weight excluding hydrogens is 226 g/mol. The fourth-order valence-electron chi connectivity index (χ4n) is 3.36. The molecule has 2 aliphatic rings. The lowest BCUT2D eigenvalue weighted by Crippen LogP contribution is -2.30. The summed E-state index contributed by atoms with van der Waals surface area (Å²) >= 11 is 0. The molecule has 0 aromatic carbocycles. The third-order valence-electron chi connectivity index (χ3n) is 4.27. The van der Waals surface area contributed by atoms with Gasteiger partial charge in [-0.05, 0) is 31.7 Å². The van der Waals surface area contributed by atoms with E-state index in [-0.39, 0.29) is 0 Å². The first kappa shape index (κ1) is 12.0. The number of rotatable bonds is 3. The Balaban J connectivity index is 1.81. The summed E-state index contributed by atoms with van der Waals surface area (Å²) < 4.78 is 2.14. The molecule has 5 nitrogen and oxygen atoms in total. The molecule has 5 heteroatoms. The van der Waals surface area contributed by atoms with Gasteiger partial charge in [0.1, 0.15) is 0 Å². The molecule has 0 amide bonds. The predicted molar refractivity (Wildman–Crippen MR) is 71.5 cm³/mol. The van der Waals surface area contributed by atoms with Gasteiger partial charge in [-0.2, -0.15) is 10.1 Å². The molecule has 1 saturated carbocycles. The number of hydrogen-bond acceptors (Lipinski definition) is 4. The zero-order valence-electron chi connectivity index (χ0n) is 10.9. The summed E-state index contributed by atoms with van der Waals surface area (Å²) in [6.45, 7) is 1.65. The molecule has 3 N–H and O–H groups in total. The van der Waals surface area contributed by atoms with Crippen LogP contribution in [-0.4, -0.2) is 27.9 Å². The third-order valence-corrected chi connectivity index (χ3v) is 4.27. The van der Waals surface area contributed by atoms with Crippen LogP contribution in [0.4, 0.5) is 5.95 Å². The Labute approximate surface area is 108 Å². The van der Waals surface area contributed by atoms with Crippen LogP contribution in [0.15, 0.2) is 0 Å². The summed E-state index contributed by atoms with van der Waals surface area (Å²) in [4.78, 5) is 4.55. The molecular formula is C13H23N5. The molecule has 1 fully saturated rings. The van der Waals surface area contributed by atoms with E-state index in [9.17, 15) is 0 Å². The average Bonchev–Trinajstić information content (AvgIpc) is 2.82.